The van der Waals surface area contributed by atoms with Gasteiger partial charge in [0.15, 0.2) is 0 Å². The van der Waals surface area contributed by atoms with Gasteiger partial charge in [-0.3, -0.25) is 19.9 Å². The number of hydrogen-bond donors (Lipinski definition) is 1. The lowest BCUT2D eigenvalue weighted by Crippen LogP contribution is -2.42. The standard InChI is InChI=1S/C11H21NO2.C8H16O.C7H15NO.C7H15N.C7H14.C6H14N2.C6H13N.3C6H7N.C6H12O.C6H6.C5H11NO.C4H8/c1-9-5-7-12(8-6-9)10(13)14-11(2,3)4;2*1-2-3-8-4-6-9-7-5-8;1-7-3-5-8(2)6-4-7;1-7-5-3-2-4-6-7;1-7-3-5-8(2)6-4-7;2*1-6-2-4-7-5-3-6;1-6-3-2-4-7-5-6;1-6-4-2-3-5-7-6;1-6-2-4-7-5-3-6;1-2-4-6-5-3-1;1-6-2-4-7-5-3-6;1-4-2-3-4/h9H,5-8H2,1-4H3;8H,2-7H2,1H3;2-7H2,1H3;7H,3-6H2,1-2H3;7H,2-6H2,1H3;3-6H2,1-2H3;6-7H,2-5H2,1H3;3*2-5H,1H3;6H,2-5H2,1H3;1-6H;2-5H2,1H3;4H,2-3H2,1H3. The maximum Gasteiger partial charge on any atom is 0.410 e. The zero-order chi connectivity index (χ0) is 78.8. The van der Waals surface area contributed by atoms with Crippen LogP contribution in [0.4, 0.5) is 4.79 Å². The van der Waals surface area contributed by atoms with E-state index in [0.717, 1.165) is 152 Å². The summed E-state index contributed by atoms with van der Waals surface area (Å²) in [5.41, 5.74) is 3.17. The Balaban J connectivity index is 0.000000580. The Kier molecular flexibility index (Phi) is 64.2. The summed E-state index contributed by atoms with van der Waals surface area (Å²) < 4.78 is 26.0. The molecule has 0 spiro atoms. The average Bonchev–Trinajstić information content (AvgIpc) is 1.34. The van der Waals surface area contributed by atoms with E-state index in [1.807, 2.05) is 132 Å². The lowest BCUT2D eigenvalue weighted by molar-refractivity contribution is 0.0189. The molecular formula is C91H166N10O6. The minimum Gasteiger partial charge on any atom is -0.444 e. The number of hydrogen-bond acceptors (Lipinski definition) is 15. The van der Waals surface area contributed by atoms with Gasteiger partial charge in [0.2, 0.25) is 0 Å². The topological polar surface area (TPSA) is 133 Å². The first-order valence-electron chi connectivity index (χ1n) is 42.5. The number of carbonyl (C=O) groups is 1. The lowest BCUT2D eigenvalue weighted by atomic mass is 9.91. The molecule has 0 radical (unpaired) electrons. The van der Waals surface area contributed by atoms with E-state index in [9.17, 15) is 4.79 Å². The molecule has 8 saturated heterocycles. The van der Waals surface area contributed by atoms with Gasteiger partial charge in [0.1, 0.15) is 5.60 Å². The van der Waals surface area contributed by atoms with Gasteiger partial charge in [0.05, 0.1) is 26.4 Å². The van der Waals surface area contributed by atoms with Crippen molar-refractivity contribution in [3.05, 3.63) is 127 Å². The number of aryl methyl sites for hydroxylation is 3. The smallest absolute Gasteiger partial charge is 0.410 e. The molecule has 107 heavy (non-hydrogen) atoms. The third-order valence-corrected chi connectivity index (χ3v) is 20.1. The number of rotatable bonds is 4. The second kappa shape index (κ2) is 68.4. The van der Waals surface area contributed by atoms with E-state index in [4.69, 9.17) is 23.7 Å². The zero-order valence-corrected chi connectivity index (χ0v) is 72.3. The summed E-state index contributed by atoms with van der Waals surface area (Å²) in [6, 6.07) is 25.7. The molecule has 0 unspecified atom stereocenters. The summed E-state index contributed by atoms with van der Waals surface area (Å²) in [4.78, 5) is 37.0. The van der Waals surface area contributed by atoms with E-state index < -0.39 is 0 Å². The Bertz CT molecular complexity index is 2200. The minimum atomic E-state index is -0.375. The summed E-state index contributed by atoms with van der Waals surface area (Å²) in [7, 11) is 8.66. The van der Waals surface area contributed by atoms with Crippen molar-refractivity contribution in [2.75, 3.05) is 179 Å². The molecule has 10 fully saturated rings. The van der Waals surface area contributed by atoms with E-state index in [2.05, 4.69) is 128 Å². The lowest BCUT2D eigenvalue weighted by Gasteiger charge is -2.32. The van der Waals surface area contributed by atoms with E-state index in [-0.39, 0.29) is 11.7 Å². The highest BCUT2D eigenvalue weighted by molar-refractivity contribution is 5.68. The molecule has 1 amide bonds. The van der Waals surface area contributed by atoms with Crippen LogP contribution in [-0.2, 0) is 23.7 Å². The van der Waals surface area contributed by atoms with Crippen molar-refractivity contribution in [2.45, 2.75) is 231 Å². The van der Waals surface area contributed by atoms with Crippen LogP contribution in [0.25, 0.3) is 0 Å². The van der Waals surface area contributed by atoms with Gasteiger partial charge in [-0.05, 0) is 256 Å². The number of nitrogens with zero attached hydrogens (tertiary/aromatic N) is 9. The first-order chi connectivity index (χ1) is 51.5. The van der Waals surface area contributed by atoms with Gasteiger partial charge >= 0.3 is 6.09 Å². The third kappa shape index (κ3) is 68.1. The van der Waals surface area contributed by atoms with E-state index in [1.165, 1.54) is 186 Å². The van der Waals surface area contributed by atoms with Crippen LogP contribution in [0.5, 0.6) is 0 Å². The predicted molar refractivity (Wildman–Crippen MR) is 456 cm³/mol. The molecule has 616 valence electrons. The number of nitrogens with one attached hydrogen (secondary N) is 1. The largest absolute Gasteiger partial charge is 0.444 e. The fraction of sp³-hybridized carbons (Fsp3) is 0.758. The van der Waals surface area contributed by atoms with Crippen LogP contribution < -0.4 is 5.32 Å². The third-order valence-electron chi connectivity index (χ3n) is 20.1. The Morgan fingerprint density at radius 2 is 0.869 bits per heavy atom. The summed E-state index contributed by atoms with van der Waals surface area (Å²) >= 11 is 0. The maximum atomic E-state index is 11.6. The van der Waals surface area contributed by atoms with Gasteiger partial charge in [-0.1, -0.05) is 162 Å². The quantitative estimate of drug-likeness (QED) is 0.208. The van der Waals surface area contributed by atoms with Crippen LogP contribution in [0.1, 0.15) is 221 Å². The molecule has 4 aromatic rings. The molecule has 3 aromatic heterocycles. The van der Waals surface area contributed by atoms with E-state index in [1.54, 1.807) is 24.8 Å². The number of ether oxygens (including phenoxy) is 5. The van der Waals surface area contributed by atoms with Gasteiger partial charge in [-0.15, -0.1) is 0 Å². The van der Waals surface area contributed by atoms with Crippen LogP contribution in [0.3, 0.4) is 0 Å². The number of carbonyl (C=O) groups excluding carboxylic acids is 1. The van der Waals surface area contributed by atoms with Gasteiger partial charge < -0.3 is 53.5 Å². The molecule has 16 nitrogen and oxygen atoms in total. The summed E-state index contributed by atoms with van der Waals surface area (Å²) in [6.45, 7) is 55.1. The van der Waals surface area contributed by atoms with Gasteiger partial charge in [0, 0.05) is 129 Å². The Morgan fingerprint density at radius 1 is 0.430 bits per heavy atom. The monoisotopic (exact) mass is 1500 g/mol. The summed E-state index contributed by atoms with van der Waals surface area (Å²) in [5.74, 6) is 6.70. The minimum absolute atomic E-state index is 0.163. The molecule has 1 N–H and O–H groups in total. The van der Waals surface area contributed by atoms with Crippen molar-refractivity contribution in [2.24, 2.45) is 41.4 Å². The second-order valence-corrected chi connectivity index (χ2v) is 32.8. The van der Waals surface area contributed by atoms with Crippen LogP contribution in [0.2, 0.25) is 0 Å². The summed E-state index contributed by atoms with van der Waals surface area (Å²) in [6.07, 6.45) is 36.1. The van der Waals surface area contributed by atoms with Crippen LogP contribution in [0, 0.1) is 62.2 Å². The molecule has 14 rings (SSSR count). The number of aromatic nitrogens is 3. The average molecular weight is 1500 g/mol. The van der Waals surface area contributed by atoms with Gasteiger partial charge in [0.25, 0.3) is 0 Å². The highest BCUT2D eigenvalue weighted by atomic mass is 16.6. The number of piperazine rings is 1. The Morgan fingerprint density at radius 3 is 1.18 bits per heavy atom. The molecule has 1 aromatic carbocycles. The van der Waals surface area contributed by atoms with Crippen molar-refractivity contribution >= 4 is 6.09 Å². The molecule has 2 saturated carbocycles. The molecule has 16 heteroatoms. The van der Waals surface area contributed by atoms with Crippen molar-refractivity contribution in [1.29, 1.82) is 0 Å². The van der Waals surface area contributed by atoms with Crippen molar-refractivity contribution in [3.63, 3.8) is 0 Å². The van der Waals surface area contributed by atoms with Gasteiger partial charge in [-0.25, -0.2) is 4.79 Å². The highest BCUT2D eigenvalue weighted by Crippen LogP contribution is 2.27. The summed E-state index contributed by atoms with van der Waals surface area (Å²) in [5, 5.41) is 3.32. The Labute approximate surface area is 659 Å². The normalized spacial score (nSPS) is 20.0. The number of benzene rings is 1. The molecule has 2 aliphatic carbocycles. The molecule has 10 aliphatic rings. The molecule has 0 bridgehead atoms. The number of morpholine rings is 2. The van der Waals surface area contributed by atoms with Crippen LogP contribution >= 0.6 is 0 Å². The number of amides is 1. The fourth-order valence-electron chi connectivity index (χ4n) is 11.8. The zero-order valence-electron chi connectivity index (χ0n) is 72.3. The highest BCUT2D eigenvalue weighted by Gasteiger charge is 2.25. The Hall–Kier alpha value is -4.46. The molecule has 8 aliphatic heterocycles. The number of likely N-dealkylation sites (tertiary alicyclic amines) is 2. The predicted octanol–water partition coefficient (Wildman–Crippen LogP) is 19.1. The van der Waals surface area contributed by atoms with Crippen molar-refractivity contribution in [3.8, 4) is 0 Å². The number of likely N-dealkylation sites (N-methyl/N-ethyl adjacent to an activating group) is 3. The van der Waals surface area contributed by atoms with Crippen LogP contribution in [-0.4, -0.2) is 235 Å². The molecule has 0 atom stereocenters. The number of piperidine rings is 3. The van der Waals surface area contributed by atoms with E-state index in [0.29, 0.717) is 0 Å². The first-order valence-corrected chi connectivity index (χ1v) is 42.5. The van der Waals surface area contributed by atoms with Crippen molar-refractivity contribution < 1.29 is 28.5 Å². The molecule has 11 heterocycles. The SMILES string of the molecule is CC1CC1.CC1CCCCC1.CC1CCN(C(=O)OC(C)(C)C)CC1.CC1CCN(C)CC1.CC1CCNCC1.CC1CCOCC1.CCCC1CCOCC1.CCCN1CCOCC1.CN1CCN(C)CC1.CN1CCOCC1.Cc1ccccn1.Cc1cccnc1.Cc1ccncc1.c1ccccc1. The second-order valence-electron chi connectivity index (χ2n) is 32.8. The number of pyridine rings is 3. The molecular weight excluding hydrogens is 1330 g/mol. The van der Waals surface area contributed by atoms with Gasteiger partial charge in [-0.2, -0.15) is 0 Å². The maximum absolute atomic E-state index is 11.6. The van der Waals surface area contributed by atoms with Crippen LogP contribution in [0.15, 0.2) is 110 Å². The fourth-order valence-corrected chi connectivity index (χ4v) is 11.8. The van der Waals surface area contributed by atoms with E-state index >= 15 is 0 Å². The first kappa shape index (κ1) is 101. The van der Waals surface area contributed by atoms with Crippen molar-refractivity contribution in [1.82, 2.24) is 49.7 Å².